The summed E-state index contributed by atoms with van der Waals surface area (Å²) < 4.78 is 0. The number of hydrogen-bond acceptors (Lipinski definition) is 5. The lowest BCUT2D eigenvalue weighted by Gasteiger charge is -2.31. The highest BCUT2D eigenvalue weighted by molar-refractivity contribution is 7.18. The lowest BCUT2D eigenvalue weighted by Crippen LogP contribution is -2.33. The van der Waals surface area contributed by atoms with Crippen LogP contribution in [0.4, 0.5) is 11.8 Å². The molecular weight excluding hydrogens is 280 g/mol. The van der Waals surface area contributed by atoms with Crippen molar-refractivity contribution < 1.29 is 0 Å². The molecule has 0 spiro atoms. The van der Waals surface area contributed by atoms with Crippen molar-refractivity contribution in [2.75, 3.05) is 29.9 Å². The first-order valence-electron chi connectivity index (χ1n) is 7.94. The fourth-order valence-electron chi connectivity index (χ4n) is 2.80. The van der Waals surface area contributed by atoms with Gasteiger partial charge in [0.1, 0.15) is 10.6 Å². The number of hydrogen-bond donors (Lipinski definition) is 1. The van der Waals surface area contributed by atoms with Crippen LogP contribution in [-0.4, -0.2) is 29.6 Å². The van der Waals surface area contributed by atoms with Crippen LogP contribution in [0.5, 0.6) is 0 Å². The molecule has 1 aliphatic rings. The van der Waals surface area contributed by atoms with Gasteiger partial charge < -0.3 is 10.2 Å². The van der Waals surface area contributed by atoms with Crippen LogP contribution in [-0.2, 0) is 0 Å². The molecule has 3 rings (SSSR count). The Balaban J connectivity index is 1.97. The number of nitrogens with zero attached hydrogens (tertiary/aromatic N) is 3. The van der Waals surface area contributed by atoms with E-state index in [0.29, 0.717) is 0 Å². The van der Waals surface area contributed by atoms with E-state index in [2.05, 4.69) is 42.0 Å². The largest absolute Gasteiger partial charge is 0.356 e. The van der Waals surface area contributed by atoms with E-state index in [9.17, 15) is 0 Å². The molecule has 0 saturated carbocycles. The standard InChI is InChI=1S/C16H24N4S/c1-4-7-17-16-18-14(20-8-5-11(2)6-9-20)13-10-12(3)21-15(13)19-16/h10-11H,4-9H2,1-3H3,(H,17,18,19). The van der Waals surface area contributed by atoms with Crippen LogP contribution in [0.3, 0.4) is 0 Å². The zero-order valence-electron chi connectivity index (χ0n) is 13.1. The first kappa shape index (κ1) is 14.6. The van der Waals surface area contributed by atoms with Gasteiger partial charge in [0, 0.05) is 24.5 Å². The summed E-state index contributed by atoms with van der Waals surface area (Å²) in [6, 6.07) is 2.23. The van der Waals surface area contributed by atoms with Gasteiger partial charge in [0.15, 0.2) is 0 Å². The minimum absolute atomic E-state index is 0.778. The van der Waals surface area contributed by atoms with E-state index in [-0.39, 0.29) is 0 Å². The highest BCUT2D eigenvalue weighted by Crippen LogP contribution is 2.33. The normalized spacial score (nSPS) is 16.6. The minimum Gasteiger partial charge on any atom is -0.356 e. The van der Waals surface area contributed by atoms with Crippen LogP contribution < -0.4 is 10.2 Å². The number of aryl methyl sites for hydroxylation is 1. The predicted octanol–water partition coefficient (Wildman–Crippen LogP) is 4.06. The topological polar surface area (TPSA) is 41.1 Å². The van der Waals surface area contributed by atoms with E-state index in [1.807, 2.05) is 0 Å². The van der Waals surface area contributed by atoms with Crippen molar-refractivity contribution in [2.45, 2.75) is 40.0 Å². The van der Waals surface area contributed by atoms with Crippen LogP contribution in [0.25, 0.3) is 10.2 Å². The molecule has 4 nitrogen and oxygen atoms in total. The maximum absolute atomic E-state index is 4.81. The summed E-state index contributed by atoms with van der Waals surface area (Å²) in [5.41, 5.74) is 0. The monoisotopic (exact) mass is 304 g/mol. The van der Waals surface area contributed by atoms with Crippen molar-refractivity contribution >= 4 is 33.3 Å². The maximum Gasteiger partial charge on any atom is 0.226 e. The Kier molecular flexibility index (Phi) is 4.29. The first-order valence-corrected chi connectivity index (χ1v) is 8.76. The fourth-order valence-corrected chi connectivity index (χ4v) is 3.68. The zero-order chi connectivity index (χ0) is 14.8. The quantitative estimate of drug-likeness (QED) is 0.925. The van der Waals surface area contributed by atoms with Crippen LogP contribution in [0, 0.1) is 12.8 Å². The number of thiophene rings is 1. The average Bonchev–Trinajstić information content (AvgIpc) is 2.85. The molecule has 0 amide bonds. The second kappa shape index (κ2) is 6.18. The third kappa shape index (κ3) is 3.12. The molecule has 0 aliphatic carbocycles. The highest BCUT2D eigenvalue weighted by Gasteiger charge is 2.21. The number of fused-ring (bicyclic) bond motifs is 1. The summed E-state index contributed by atoms with van der Waals surface area (Å²) in [6.07, 6.45) is 3.60. The summed E-state index contributed by atoms with van der Waals surface area (Å²) >= 11 is 1.76. The third-order valence-electron chi connectivity index (χ3n) is 4.11. The molecule has 21 heavy (non-hydrogen) atoms. The molecule has 114 valence electrons. The van der Waals surface area contributed by atoms with Crippen molar-refractivity contribution in [3.05, 3.63) is 10.9 Å². The third-order valence-corrected chi connectivity index (χ3v) is 5.06. The van der Waals surface area contributed by atoms with Crippen molar-refractivity contribution in [2.24, 2.45) is 5.92 Å². The Morgan fingerprint density at radius 1 is 1.33 bits per heavy atom. The van der Waals surface area contributed by atoms with Gasteiger partial charge in [-0.05, 0) is 38.2 Å². The van der Waals surface area contributed by atoms with E-state index in [0.717, 1.165) is 48.6 Å². The van der Waals surface area contributed by atoms with Gasteiger partial charge in [-0.2, -0.15) is 4.98 Å². The van der Waals surface area contributed by atoms with Gasteiger partial charge in [0.05, 0.1) is 5.39 Å². The molecular formula is C16H24N4S. The van der Waals surface area contributed by atoms with Crippen LogP contribution in [0.15, 0.2) is 6.07 Å². The molecule has 1 saturated heterocycles. The Morgan fingerprint density at radius 3 is 2.81 bits per heavy atom. The number of anilines is 2. The highest BCUT2D eigenvalue weighted by atomic mass is 32.1. The molecule has 0 unspecified atom stereocenters. The second-order valence-electron chi connectivity index (χ2n) is 6.04. The number of aromatic nitrogens is 2. The number of rotatable bonds is 4. The molecule has 1 fully saturated rings. The van der Waals surface area contributed by atoms with E-state index in [4.69, 9.17) is 4.98 Å². The van der Waals surface area contributed by atoms with Crippen molar-refractivity contribution in [3.63, 3.8) is 0 Å². The van der Waals surface area contributed by atoms with E-state index in [1.54, 1.807) is 11.3 Å². The van der Waals surface area contributed by atoms with Crippen molar-refractivity contribution in [1.82, 2.24) is 9.97 Å². The SMILES string of the molecule is CCCNc1nc(N2CCC(C)CC2)c2cc(C)sc2n1. The van der Waals surface area contributed by atoms with Crippen LogP contribution in [0.1, 0.15) is 38.0 Å². The molecule has 0 aromatic carbocycles. The summed E-state index contributed by atoms with van der Waals surface area (Å²) in [6.45, 7) is 9.79. The molecule has 3 heterocycles. The van der Waals surface area contributed by atoms with Gasteiger partial charge in [-0.25, -0.2) is 4.98 Å². The van der Waals surface area contributed by atoms with Gasteiger partial charge in [-0.3, -0.25) is 0 Å². The van der Waals surface area contributed by atoms with Crippen LogP contribution in [0.2, 0.25) is 0 Å². The fraction of sp³-hybridized carbons (Fsp3) is 0.625. The molecule has 0 bridgehead atoms. The van der Waals surface area contributed by atoms with Crippen molar-refractivity contribution in [3.8, 4) is 0 Å². The second-order valence-corrected chi connectivity index (χ2v) is 7.28. The van der Waals surface area contributed by atoms with Gasteiger partial charge in [0.2, 0.25) is 5.95 Å². The zero-order valence-corrected chi connectivity index (χ0v) is 14.0. The van der Waals surface area contributed by atoms with Gasteiger partial charge >= 0.3 is 0 Å². The summed E-state index contributed by atoms with van der Waals surface area (Å²) in [7, 11) is 0. The Morgan fingerprint density at radius 2 is 2.10 bits per heavy atom. The molecule has 2 aromatic rings. The smallest absolute Gasteiger partial charge is 0.226 e. The van der Waals surface area contributed by atoms with E-state index in [1.165, 1.54) is 23.1 Å². The number of nitrogens with one attached hydrogen (secondary N) is 1. The Hall–Kier alpha value is -1.36. The molecule has 2 aromatic heterocycles. The summed E-state index contributed by atoms with van der Waals surface area (Å²) in [4.78, 5) is 14.3. The molecule has 0 atom stereocenters. The maximum atomic E-state index is 4.81. The predicted molar refractivity (Wildman–Crippen MR) is 91.5 cm³/mol. The molecule has 5 heteroatoms. The van der Waals surface area contributed by atoms with Crippen LogP contribution >= 0.6 is 11.3 Å². The van der Waals surface area contributed by atoms with E-state index < -0.39 is 0 Å². The van der Waals surface area contributed by atoms with E-state index >= 15 is 0 Å². The minimum atomic E-state index is 0.778. The summed E-state index contributed by atoms with van der Waals surface area (Å²) in [5, 5.41) is 4.56. The number of piperidine rings is 1. The van der Waals surface area contributed by atoms with Gasteiger partial charge in [-0.1, -0.05) is 13.8 Å². The van der Waals surface area contributed by atoms with Gasteiger partial charge in [-0.15, -0.1) is 11.3 Å². The molecule has 1 aliphatic heterocycles. The molecule has 0 radical (unpaired) electrons. The lowest BCUT2D eigenvalue weighted by molar-refractivity contribution is 0.437. The lowest BCUT2D eigenvalue weighted by atomic mass is 9.99. The molecule has 1 N–H and O–H groups in total. The Bertz CT molecular complexity index is 614. The van der Waals surface area contributed by atoms with Crippen molar-refractivity contribution in [1.29, 1.82) is 0 Å². The Labute approximate surface area is 130 Å². The summed E-state index contributed by atoms with van der Waals surface area (Å²) in [5.74, 6) is 2.73. The first-order chi connectivity index (χ1) is 10.2. The van der Waals surface area contributed by atoms with Gasteiger partial charge in [0.25, 0.3) is 0 Å². The average molecular weight is 304 g/mol.